The third-order valence-corrected chi connectivity index (χ3v) is 7.22. The van der Waals surface area contributed by atoms with Gasteiger partial charge in [0.25, 0.3) is 11.8 Å². The third-order valence-electron chi connectivity index (χ3n) is 6.77. The molecule has 47 heavy (non-hydrogen) atoms. The van der Waals surface area contributed by atoms with Crippen molar-refractivity contribution in [1.82, 2.24) is 14.8 Å². The van der Waals surface area contributed by atoms with Crippen molar-refractivity contribution in [1.29, 1.82) is 0 Å². The molecule has 1 aromatic heterocycles. The van der Waals surface area contributed by atoms with Gasteiger partial charge in [-0.15, -0.1) is 0 Å². The maximum atomic E-state index is 13.6. The van der Waals surface area contributed by atoms with Gasteiger partial charge in [0.15, 0.2) is 0 Å². The summed E-state index contributed by atoms with van der Waals surface area (Å²) in [4.78, 5) is 74.2. The highest BCUT2D eigenvalue weighted by Crippen LogP contribution is 2.37. The number of phosphoric acid groups is 1. The number of ether oxygens (including phenoxy) is 2. The molecule has 0 atom stereocenters. The van der Waals surface area contributed by atoms with Gasteiger partial charge in [-0.1, -0.05) is 25.1 Å². The van der Waals surface area contributed by atoms with Crippen LogP contribution in [0.25, 0.3) is 0 Å². The highest BCUT2D eigenvalue weighted by molar-refractivity contribution is 7.46. The van der Waals surface area contributed by atoms with E-state index in [-0.39, 0.29) is 36.0 Å². The molecule has 0 bridgehead atoms. The number of esters is 1. The normalized spacial score (nSPS) is 11.5. The smallest absolute Gasteiger partial charge is 0.428 e. The number of carbonyl (C=O) groups excluding carboxylic acids is 4. The summed E-state index contributed by atoms with van der Waals surface area (Å²) >= 11 is 0. The number of hydrogen-bond donors (Lipinski definition) is 4. The fraction of sp³-hybridized carbons (Fsp3) is 0.323. The van der Waals surface area contributed by atoms with Crippen LogP contribution in [-0.4, -0.2) is 68.8 Å². The van der Waals surface area contributed by atoms with E-state index in [0.717, 1.165) is 10.5 Å². The molecule has 0 saturated carbocycles. The van der Waals surface area contributed by atoms with E-state index in [1.165, 1.54) is 30.5 Å². The standard InChI is InChI=1S/C31H38N5O10P/c1-6-14-36(31(40)45-18-44-26(37)15-21-9-12-23(13-10-21)46-47(41,42)43)30(39)24-17-35(5)27(20(24)4)28(32)34-25-16-22(11-8-19(25)3)29(38)33-7-2/h8-13,16-17H,6-7,14-15,18H2,1-5H3,(H2,32,34)(H,33,38)(H2,41,42,43). The lowest BCUT2D eigenvalue weighted by Crippen LogP contribution is -2.38. The van der Waals surface area contributed by atoms with E-state index in [9.17, 15) is 23.7 Å². The van der Waals surface area contributed by atoms with Gasteiger partial charge in [-0.25, -0.2) is 19.3 Å². The molecule has 0 aliphatic carbocycles. The zero-order chi connectivity index (χ0) is 34.9. The topological polar surface area (TPSA) is 212 Å². The number of aryl methyl sites for hydroxylation is 2. The molecule has 2 aromatic carbocycles. The molecule has 3 aromatic rings. The first-order valence-electron chi connectivity index (χ1n) is 14.5. The summed E-state index contributed by atoms with van der Waals surface area (Å²) in [5.74, 6) is -1.63. The Labute approximate surface area is 271 Å². The predicted molar refractivity (Wildman–Crippen MR) is 171 cm³/mol. The highest BCUT2D eigenvalue weighted by atomic mass is 31.2. The van der Waals surface area contributed by atoms with Crippen LogP contribution in [0, 0.1) is 13.8 Å². The summed E-state index contributed by atoms with van der Waals surface area (Å²) in [5, 5.41) is 2.74. The number of nitrogens with two attached hydrogens (primary N) is 1. The molecule has 0 unspecified atom stereocenters. The van der Waals surface area contributed by atoms with Gasteiger partial charge in [0.05, 0.1) is 23.4 Å². The quantitative estimate of drug-likeness (QED) is 0.0677. The molecule has 0 radical (unpaired) electrons. The van der Waals surface area contributed by atoms with Crippen molar-refractivity contribution in [2.45, 2.75) is 40.5 Å². The van der Waals surface area contributed by atoms with Crippen LogP contribution < -0.4 is 15.6 Å². The lowest BCUT2D eigenvalue weighted by Gasteiger charge is -2.19. The molecule has 0 spiro atoms. The molecule has 3 rings (SSSR count). The van der Waals surface area contributed by atoms with Gasteiger partial charge in [-0.2, -0.15) is 0 Å². The molecule has 16 heteroatoms. The SMILES string of the molecule is CCCN(C(=O)OCOC(=O)Cc1ccc(OP(=O)(O)O)cc1)C(=O)c1cn(C)c(C(N)=Nc2cc(C(=O)NCC)ccc2C)c1C. The Morgan fingerprint density at radius 3 is 2.34 bits per heavy atom. The van der Waals surface area contributed by atoms with E-state index < -0.39 is 32.6 Å². The van der Waals surface area contributed by atoms with Crippen LogP contribution in [0.3, 0.4) is 0 Å². The summed E-state index contributed by atoms with van der Waals surface area (Å²) in [5.41, 5.74) is 9.63. The van der Waals surface area contributed by atoms with Crippen LogP contribution in [0.15, 0.2) is 53.7 Å². The van der Waals surface area contributed by atoms with Gasteiger partial charge in [-0.05, 0) is 68.1 Å². The minimum absolute atomic E-state index is 0.0215. The summed E-state index contributed by atoms with van der Waals surface area (Å²) < 4.78 is 27.1. The van der Waals surface area contributed by atoms with Crippen LogP contribution in [0.5, 0.6) is 5.75 Å². The van der Waals surface area contributed by atoms with E-state index in [2.05, 4.69) is 14.8 Å². The Morgan fingerprint density at radius 2 is 1.72 bits per heavy atom. The number of nitrogens with one attached hydrogen (secondary N) is 1. The molecule has 0 fully saturated rings. The Kier molecular flexibility index (Phi) is 12.4. The van der Waals surface area contributed by atoms with Crippen molar-refractivity contribution in [2.24, 2.45) is 17.8 Å². The summed E-state index contributed by atoms with van der Waals surface area (Å²) in [7, 11) is -3.04. The number of nitrogens with zero attached hydrogens (tertiary/aromatic N) is 3. The number of amides is 3. The summed E-state index contributed by atoms with van der Waals surface area (Å²) in [6.45, 7) is 6.83. The van der Waals surface area contributed by atoms with Crippen molar-refractivity contribution in [3.05, 3.63) is 82.2 Å². The maximum Gasteiger partial charge on any atom is 0.524 e. The average Bonchev–Trinajstić information content (AvgIpc) is 3.30. The Hall–Kier alpha value is -4.98. The number of aromatic nitrogens is 1. The van der Waals surface area contributed by atoms with Crippen molar-refractivity contribution in [2.75, 3.05) is 19.9 Å². The number of amidine groups is 1. The van der Waals surface area contributed by atoms with Crippen LogP contribution in [0.4, 0.5) is 10.5 Å². The molecule has 5 N–H and O–H groups in total. The van der Waals surface area contributed by atoms with E-state index in [1.807, 2.05) is 13.8 Å². The lowest BCUT2D eigenvalue weighted by molar-refractivity contribution is -0.151. The van der Waals surface area contributed by atoms with E-state index in [4.69, 9.17) is 25.0 Å². The lowest BCUT2D eigenvalue weighted by atomic mass is 10.1. The molecule has 0 saturated heterocycles. The van der Waals surface area contributed by atoms with Gasteiger partial charge in [-0.3, -0.25) is 24.2 Å². The second-order valence-corrected chi connectivity index (χ2v) is 11.6. The van der Waals surface area contributed by atoms with Crippen LogP contribution in [-0.2, 0) is 32.3 Å². The first-order valence-corrected chi connectivity index (χ1v) is 16.1. The number of imide groups is 1. The summed E-state index contributed by atoms with van der Waals surface area (Å²) in [6, 6.07) is 10.5. The maximum absolute atomic E-state index is 13.6. The van der Waals surface area contributed by atoms with Gasteiger partial charge in [0.2, 0.25) is 6.79 Å². The fourth-order valence-electron chi connectivity index (χ4n) is 4.54. The van der Waals surface area contributed by atoms with Crippen LogP contribution >= 0.6 is 7.82 Å². The van der Waals surface area contributed by atoms with E-state index in [0.29, 0.717) is 41.0 Å². The molecule has 15 nitrogen and oxygen atoms in total. The van der Waals surface area contributed by atoms with Gasteiger partial charge >= 0.3 is 19.9 Å². The van der Waals surface area contributed by atoms with Crippen molar-refractivity contribution in [3.8, 4) is 5.75 Å². The zero-order valence-corrected chi connectivity index (χ0v) is 27.6. The minimum atomic E-state index is -4.72. The first kappa shape index (κ1) is 36.5. The molecule has 1 heterocycles. The number of hydrogen-bond acceptors (Lipinski definition) is 9. The number of aliphatic imine (C=N–C) groups is 1. The second kappa shape index (κ2) is 16.0. The molecule has 252 valence electrons. The zero-order valence-electron chi connectivity index (χ0n) is 26.7. The third kappa shape index (κ3) is 10.0. The number of phosphoric ester groups is 1. The fourth-order valence-corrected chi connectivity index (χ4v) is 4.94. The van der Waals surface area contributed by atoms with Crippen molar-refractivity contribution in [3.63, 3.8) is 0 Å². The Morgan fingerprint density at radius 1 is 1.04 bits per heavy atom. The molecular formula is C31H38N5O10P. The average molecular weight is 672 g/mol. The summed E-state index contributed by atoms with van der Waals surface area (Å²) in [6.07, 6.45) is 0.703. The minimum Gasteiger partial charge on any atom is -0.428 e. The van der Waals surface area contributed by atoms with Crippen molar-refractivity contribution < 1.29 is 47.5 Å². The van der Waals surface area contributed by atoms with Gasteiger partial charge < -0.3 is 29.6 Å². The largest absolute Gasteiger partial charge is 0.524 e. The van der Waals surface area contributed by atoms with E-state index in [1.54, 1.807) is 43.7 Å². The first-order chi connectivity index (χ1) is 22.1. The molecular weight excluding hydrogens is 633 g/mol. The Balaban J connectivity index is 1.69. The second-order valence-electron chi connectivity index (χ2n) is 10.4. The van der Waals surface area contributed by atoms with Crippen molar-refractivity contribution >= 4 is 43.2 Å². The molecule has 0 aliphatic rings. The molecule has 3 amide bonds. The Bertz CT molecular complexity index is 1710. The monoisotopic (exact) mass is 671 g/mol. The molecule has 0 aliphatic heterocycles. The van der Waals surface area contributed by atoms with E-state index >= 15 is 0 Å². The number of carbonyl (C=O) groups is 4. The number of rotatable bonds is 13. The highest BCUT2D eigenvalue weighted by Gasteiger charge is 2.28. The number of benzene rings is 2. The van der Waals surface area contributed by atoms with Crippen LogP contribution in [0.1, 0.15) is 63.4 Å². The van der Waals surface area contributed by atoms with Crippen LogP contribution in [0.2, 0.25) is 0 Å². The van der Waals surface area contributed by atoms with Gasteiger partial charge in [0.1, 0.15) is 11.6 Å². The van der Waals surface area contributed by atoms with Gasteiger partial charge in [0, 0.05) is 31.9 Å². The predicted octanol–water partition coefficient (Wildman–Crippen LogP) is 3.63.